The first kappa shape index (κ1) is 15.6. The molecule has 1 aromatic heterocycles. The largest absolute Gasteiger partial charge is 0.391 e. The third-order valence-corrected chi connectivity index (χ3v) is 2.65. The van der Waals surface area contributed by atoms with E-state index in [4.69, 9.17) is 0 Å². The summed E-state index contributed by atoms with van der Waals surface area (Å²) < 4.78 is 1.48. The van der Waals surface area contributed by atoms with E-state index in [2.05, 4.69) is 20.8 Å². The molecule has 108 valence electrons. The number of carbonyl (C=O) groups excluding carboxylic acids is 1. The predicted molar refractivity (Wildman–Crippen MR) is 70.4 cm³/mol. The molecular weight excluding hydrogens is 246 g/mol. The number of rotatable bonds is 7. The van der Waals surface area contributed by atoms with E-state index in [1.54, 1.807) is 0 Å². The zero-order valence-electron chi connectivity index (χ0n) is 12.0. The van der Waals surface area contributed by atoms with E-state index in [-0.39, 0.29) is 24.9 Å². The van der Waals surface area contributed by atoms with Crippen LogP contribution in [0.15, 0.2) is 0 Å². The molecule has 19 heavy (non-hydrogen) atoms. The first-order chi connectivity index (χ1) is 8.90. The topological polar surface area (TPSA) is 92.9 Å². The van der Waals surface area contributed by atoms with Gasteiger partial charge < -0.3 is 10.4 Å². The van der Waals surface area contributed by atoms with Crippen molar-refractivity contribution in [1.82, 2.24) is 25.5 Å². The van der Waals surface area contributed by atoms with E-state index in [0.717, 1.165) is 0 Å². The lowest BCUT2D eigenvalue weighted by Crippen LogP contribution is -2.35. The van der Waals surface area contributed by atoms with Gasteiger partial charge in [0.05, 0.1) is 6.10 Å². The number of aliphatic hydroxyl groups is 1. The molecule has 0 fully saturated rings. The minimum Gasteiger partial charge on any atom is -0.391 e. The second kappa shape index (κ2) is 7.18. The molecule has 0 aliphatic carbocycles. The lowest BCUT2D eigenvalue weighted by Gasteiger charge is -2.14. The Bertz CT molecular complexity index is 403. The van der Waals surface area contributed by atoms with Crippen LogP contribution in [0.4, 0.5) is 0 Å². The van der Waals surface area contributed by atoms with Crippen LogP contribution in [0.25, 0.3) is 0 Å². The van der Waals surface area contributed by atoms with Gasteiger partial charge in [0.15, 0.2) is 5.82 Å². The average Bonchev–Trinajstić information content (AvgIpc) is 2.73. The van der Waals surface area contributed by atoms with Gasteiger partial charge in [-0.05, 0) is 22.8 Å². The smallest absolute Gasteiger partial charge is 0.241 e. The van der Waals surface area contributed by atoms with E-state index >= 15 is 0 Å². The van der Waals surface area contributed by atoms with E-state index in [1.165, 1.54) is 4.68 Å². The molecule has 1 amide bonds. The van der Waals surface area contributed by atoms with E-state index in [0.29, 0.717) is 18.2 Å². The fourth-order valence-electron chi connectivity index (χ4n) is 1.79. The Morgan fingerprint density at radius 2 is 2.05 bits per heavy atom. The third kappa shape index (κ3) is 5.34. The number of hydrogen-bond donors (Lipinski definition) is 2. The molecule has 0 saturated heterocycles. The number of carbonyl (C=O) groups is 1. The van der Waals surface area contributed by atoms with Gasteiger partial charge in [-0.15, -0.1) is 5.10 Å². The van der Waals surface area contributed by atoms with Gasteiger partial charge in [0.2, 0.25) is 5.91 Å². The summed E-state index contributed by atoms with van der Waals surface area (Å²) in [5, 5.41) is 23.6. The zero-order valence-corrected chi connectivity index (χ0v) is 12.0. The van der Waals surface area contributed by atoms with Crippen LogP contribution in [-0.4, -0.2) is 43.9 Å². The SMILES string of the molecule is CC(C)CC(O)CNC(=O)Cn1nnnc1C(C)C. The number of aliphatic hydroxyl groups excluding tert-OH is 1. The van der Waals surface area contributed by atoms with E-state index < -0.39 is 6.10 Å². The van der Waals surface area contributed by atoms with Crippen molar-refractivity contribution >= 4 is 5.91 Å². The summed E-state index contributed by atoms with van der Waals surface area (Å²) in [6, 6.07) is 0. The van der Waals surface area contributed by atoms with Crippen molar-refractivity contribution in [2.75, 3.05) is 6.54 Å². The fraction of sp³-hybridized carbons (Fsp3) is 0.833. The highest BCUT2D eigenvalue weighted by molar-refractivity contribution is 5.75. The second-order valence-electron chi connectivity index (χ2n) is 5.44. The van der Waals surface area contributed by atoms with Crippen LogP contribution in [0.1, 0.15) is 45.9 Å². The molecule has 7 nitrogen and oxygen atoms in total. The minimum atomic E-state index is -0.512. The molecule has 1 aromatic rings. The summed E-state index contributed by atoms with van der Waals surface area (Å²) in [7, 11) is 0. The molecule has 0 aromatic carbocycles. The van der Waals surface area contributed by atoms with Crippen LogP contribution in [0.5, 0.6) is 0 Å². The van der Waals surface area contributed by atoms with E-state index in [1.807, 2.05) is 27.7 Å². The molecule has 0 radical (unpaired) electrons. The molecule has 2 N–H and O–H groups in total. The van der Waals surface area contributed by atoms with Gasteiger partial charge in [0.25, 0.3) is 0 Å². The number of aromatic nitrogens is 4. The quantitative estimate of drug-likeness (QED) is 0.743. The van der Waals surface area contributed by atoms with Gasteiger partial charge in [-0.25, -0.2) is 4.68 Å². The third-order valence-electron chi connectivity index (χ3n) is 2.65. The maximum atomic E-state index is 11.7. The molecule has 7 heteroatoms. The monoisotopic (exact) mass is 269 g/mol. The molecule has 1 unspecified atom stereocenters. The van der Waals surface area contributed by atoms with Crippen molar-refractivity contribution in [3.05, 3.63) is 5.82 Å². The highest BCUT2D eigenvalue weighted by atomic mass is 16.3. The van der Waals surface area contributed by atoms with Crippen molar-refractivity contribution in [3.8, 4) is 0 Å². The Hall–Kier alpha value is -1.50. The lowest BCUT2D eigenvalue weighted by molar-refractivity contribution is -0.122. The van der Waals surface area contributed by atoms with Crippen molar-refractivity contribution < 1.29 is 9.90 Å². The highest BCUT2D eigenvalue weighted by Crippen LogP contribution is 2.08. The van der Waals surface area contributed by atoms with Crippen molar-refractivity contribution in [1.29, 1.82) is 0 Å². The van der Waals surface area contributed by atoms with Gasteiger partial charge in [-0.1, -0.05) is 27.7 Å². The standard InChI is InChI=1S/C12H23N5O2/c1-8(2)5-10(18)6-13-11(19)7-17-12(9(3)4)14-15-16-17/h8-10,18H,5-7H2,1-4H3,(H,13,19). The number of tetrazole rings is 1. The van der Waals surface area contributed by atoms with Crippen LogP contribution in [0.3, 0.4) is 0 Å². The first-order valence-corrected chi connectivity index (χ1v) is 6.61. The normalized spacial score (nSPS) is 13.0. The number of amides is 1. The van der Waals surface area contributed by atoms with Gasteiger partial charge >= 0.3 is 0 Å². The number of hydrogen-bond acceptors (Lipinski definition) is 5. The van der Waals surface area contributed by atoms with Crippen LogP contribution in [0, 0.1) is 5.92 Å². The van der Waals surface area contributed by atoms with Crippen molar-refractivity contribution in [2.45, 2.75) is 52.7 Å². The average molecular weight is 269 g/mol. The van der Waals surface area contributed by atoms with Gasteiger partial charge in [-0.3, -0.25) is 4.79 Å². The summed E-state index contributed by atoms with van der Waals surface area (Å²) >= 11 is 0. The Morgan fingerprint density at radius 1 is 1.37 bits per heavy atom. The Labute approximate surface area is 113 Å². The van der Waals surface area contributed by atoms with Crippen LogP contribution in [-0.2, 0) is 11.3 Å². The molecule has 0 bridgehead atoms. The number of nitrogens with zero attached hydrogens (tertiary/aromatic N) is 4. The highest BCUT2D eigenvalue weighted by Gasteiger charge is 2.14. The van der Waals surface area contributed by atoms with Gasteiger partial charge in [0.1, 0.15) is 6.54 Å². The maximum absolute atomic E-state index is 11.7. The molecule has 0 aliphatic heterocycles. The van der Waals surface area contributed by atoms with Gasteiger partial charge in [-0.2, -0.15) is 0 Å². The molecule has 1 atom stereocenters. The second-order valence-corrected chi connectivity index (χ2v) is 5.44. The van der Waals surface area contributed by atoms with Crippen LogP contribution in [0.2, 0.25) is 0 Å². The Morgan fingerprint density at radius 3 is 2.63 bits per heavy atom. The molecule has 0 spiro atoms. The summed E-state index contributed by atoms with van der Waals surface area (Å²) in [5.41, 5.74) is 0. The number of nitrogens with one attached hydrogen (secondary N) is 1. The van der Waals surface area contributed by atoms with Crippen LogP contribution < -0.4 is 5.32 Å². The Balaban J connectivity index is 2.41. The molecule has 0 aliphatic rings. The molecular formula is C12H23N5O2. The summed E-state index contributed by atoms with van der Waals surface area (Å²) in [4.78, 5) is 11.7. The Kier molecular flexibility index (Phi) is 5.88. The summed E-state index contributed by atoms with van der Waals surface area (Å²) in [5.74, 6) is 1.04. The fourth-order valence-corrected chi connectivity index (χ4v) is 1.79. The van der Waals surface area contributed by atoms with Gasteiger partial charge in [0, 0.05) is 12.5 Å². The van der Waals surface area contributed by atoms with Crippen molar-refractivity contribution in [2.24, 2.45) is 5.92 Å². The zero-order chi connectivity index (χ0) is 14.4. The van der Waals surface area contributed by atoms with E-state index in [9.17, 15) is 9.90 Å². The van der Waals surface area contributed by atoms with Crippen LogP contribution >= 0.6 is 0 Å². The predicted octanol–water partition coefficient (Wildman–Crippen LogP) is 0.320. The molecule has 1 heterocycles. The minimum absolute atomic E-state index is 0.0783. The summed E-state index contributed by atoms with van der Waals surface area (Å²) in [6.45, 7) is 8.33. The summed E-state index contributed by atoms with van der Waals surface area (Å²) in [6.07, 6.45) is 0.157. The molecule has 1 rings (SSSR count). The lowest BCUT2D eigenvalue weighted by atomic mass is 10.1. The van der Waals surface area contributed by atoms with Crippen molar-refractivity contribution in [3.63, 3.8) is 0 Å². The first-order valence-electron chi connectivity index (χ1n) is 6.61. The molecule has 0 saturated carbocycles. The maximum Gasteiger partial charge on any atom is 0.241 e.